The van der Waals surface area contributed by atoms with Crippen molar-refractivity contribution in [2.75, 3.05) is 13.2 Å². The van der Waals surface area contributed by atoms with Crippen LogP contribution in [0.5, 0.6) is 0 Å². The van der Waals surface area contributed by atoms with Crippen LogP contribution in [0.2, 0.25) is 0 Å². The topological polar surface area (TPSA) is 64.6 Å². The summed E-state index contributed by atoms with van der Waals surface area (Å²) < 4.78 is 24.9. The Morgan fingerprint density at radius 2 is 2.08 bits per heavy atom. The molecule has 1 aromatic rings. The number of esters is 1. The number of hydrogen-bond acceptors (Lipinski definition) is 5. The number of rotatable bonds is 3. The third-order valence-electron chi connectivity index (χ3n) is 4.88. The van der Waals surface area contributed by atoms with Crippen molar-refractivity contribution in [3.8, 4) is 0 Å². The number of halogens is 2. The number of carbonyl (C=O) groups excluding carboxylic acids is 2. The second kappa shape index (κ2) is 6.63. The highest BCUT2D eigenvalue weighted by molar-refractivity contribution is 9.10. The van der Waals surface area contributed by atoms with Gasteiger partial charge in [0.2, 0.25) is 0 Å². The van der Waals surface area contributed by atoms with Crippen molar-refractivity contribution in [1.29, 1.82) is 0 Å². The maximum atomic E-state index is 13.7. The van der Waals surface area contributed by atoms with Crippen LogP contribution in [0.3, 0.4) is 0 Å². The van der Waals surface area contributed by atoms with Gasteiger partial charge in [0.15, 0.2) is 5.78 Å². The van der Waals surface area contributed by atoms with E-state index in [1.807, 2.05) is 6.92 Å². The van der Waals surface area contributed by atoms with Gasteiger partial charge >= 0.3 is 5.97 Å². The molecule has 0 amide bonds. The van der Waals surface area contributed by atoms with Crippen LogP contribution in [-0.4, -0.2) is 31.1 Å². The molecule has 0 bridgehead atoms. The highest BCUT2D eigenvalue weighted by Gasteiger charge is 2.46. The van der Waals surface area contributed by atoms with Gasteiger partial charge in [-0.25, -0.2) is 9.18 Å². The molecule has 136 valence electrons. The van der Waals surface area contributed by atoms with Crippen LogP contribution in [0, 0.1) is 5.82 Å². The molecular weight excluding hydrogens is 405 g/mol. The van der Waals surface area contributed by atoms with Crippen molar-refractivity contribution in [3.05, 3.63) is 56.6 Å². The standard InChI is InChI=1S/C19H17BrFNO4/c1-2-3-14-18-17(19(24)26-14)15(9-4-5-11(21)10(20)6-9)16-12(22-18)7-25-8-13(16)23/h4-6,14-15,22H,2-3,7-8H2,1H3/t14-,15-/m1/s1. The van der Waals surface area contributed by atoms with Gasteiger partial charge in [0.1, 0.15) is 18.5 Å². The first-order valence-corrected chi connectivity index (χ1v) is 9.31. The molecule has 3 heterocycles. The molecule has 0 aliphatic carbocycles. The molecule has 0 saturated heterocycles. The Balaban J connectivity index is 1.89. The van der Waals surface area contributed by atoms with Gasteiger partial charge in [-0.1, -0.05) is 19.4 Å². The SMILES string of the molecule is CCC[C@H]1OC(=O)C2=C1NC1=C(C(=O)COC1)[C@H]2c1ccc(F)c(Br)c1. The molecule has 3 aliphatic heterocycles. The van der Waals surface area contributed by atoms with Crippen LogP contribution in [-0.2, 0) is 19.1 Å². The van der Waals surface area contributed by atoms with E-state index >= 15 is 0 Å². The number of nitrogens with one attached hydrogen (secondary N) is 1. The average Bonchev–Trinajstić information content (AvgIpc) is 2.92. The van der Waals surface area contributed by atoms with Crippen molar-refractivity contribution in [2.24, 2.45) is 0 Å². The lowest BCUT2D eigenvalue weighted by molar-refractivity contribution is -0.140. The summed E-state index contributed by atoms with van der Waals surface area (Å²) in [5, 5.41) is 3.22. The van der Waals surface area contributed by atoms with E-state index in [1.54, 1.807) is 12.1 Å². The van der Waals surface area contributed by atoms with Crippen LogP contribution >= 0.6 is 15.9 Å². The lowest BCUT2D eigenvalue weighted by Gasteiger charge is -2.32. The summed E-state index contributed by atoms with van der Waals surface area (Å²) >= 11 is 3.19. The van der Waals surface area contributed by atoms with Gasteiger partial charge in [0, 0.05) is 17.2 Å². The third-order valence-corrected chi connectivity index (χ3v) is 5.48. The number of hydrogen-bond donors (Lipinski definition) is 1. The normalized spacial score (nSPS) is 25.0. The molecule has 3 aliphatic rings. The summed E-state index contributed by atoms with van der Waals surface area (Å²) in [7, 11) is 0. The van der Waals surface area contributed by atoms with Gasteiger partial charge in [0.05, 0.1) is 22.3 Å². The molecule has 0 fully saturated rings. The van der Waals surface area contributed by atoms with Gasteiger partial charge in [-0.15, -0.1) is 0 Å². The minimum atomic E-state index is -0.580. The van der Waals surface area contributed by atoms with E-state index < -0.39 is 17.7 Å². The highest BCUT2D eigenvalue weighted by Crippen LogP contribution is 2.45. The van der Waals surface area contributed by atoms with E-state index in [0.29, 0.717) is 34.5 Å². The predicted molar refractivity (Wildman–Crippen MR) is 94.6 cm³/mol. The molecule has 4 rings (SSSR count). The van der Waals surface area contributed by atoms with Crippen molar-refractivity contribution < 1.29 is 23.5 Å². The molecule has 0 saturated carbocycles. The average molecular weight is 422 g/mol. The van der Waals surface area contributed by atoms with Gasteiger partial charge in [-0.2, -0.15) is 0 Å². The van der Waals surface area contributed by atoms with Crippen LogP contribution in [0.15, 0.2) is 45.2 Å². The monoisotopic (exact) mass is 421 g/mol. The van der Waals surface area contributed by atoms with Gasteiger partial charge in [0.25, 0.3) is 0 Å². The zero-order valence-corrected chi connectivity index (χ0v) is 15.7. The van der Waals surface area contributed by atoms with Crippen LogP contribution < -0.4 is 5.32 Å². The second-order valence-electron chi connectivity index (χ2n) is 6.55. The zero-order valence-electron chi connectivity index (χ0n) is 14.1. The fourth-order valence-electron chi connectivity index (χ4n) is 3.76. The number of dihydropyridines is 1. The maximum absolute atomic E-state index is 13.7. The molecule has 0 aromatic heterocycles. The highest BCUT2D eigenvalue weighted by atomic mass is 79.9. The third kappa shape index (κ3) is 2.70. The number of ketones is 1. The second-order valence-corrected chi connectivity index (χ2v) is 7.40. The Morgan fingerprint density at radius 1 is 1.27 bits per heavy atom. The lowest BCUT2D eigenvalue weighted by atomic mass is 9.78. The first kappa shape index (κ1) is 17.4. The number of cyclic esters (lactones) is 1. The summed E-state index contributed by atoms with van der Waals surface area (Å²) in [5.74, 6) is -1.59. The quantitative estimate of drug-likeness (QED) is 0.759. The molecule has 0 radical (unpaired) electrons. The number of ether oxygens (including phenoxy) is 2. The van der Waals surface area contributed by atoms with E-state index in [0.717, 1.165) is 6.42 Å². The Hall–Kier alpha value is -1.99. The Morgan fingerprint density at radius 3 is 2.81 bits per heavy atom. The number of benzene rings is 1. The molecule has 2 atom stereocenters. The Labute approximate surface area is 158 Å². The molecule has 0 spiro atoms. The summed E-state index contributed by atoms with van der Waals surface area (Å²) in [6.45, 7) is 2.25. The van der Waals surface area contributed by atoms with Crippen molar-refractivity contribution in [2.45, 2.75) is 31.8 Å². The van der Waals surface area contributed by atoms with Crippen molar-refractivity contribution in [1.82, 2.24) is 5.32 Å². The van der Waals surface area contributed by atoms with E-state index in [1.165, 1.54) is 6.07 Å². The molecule has 26 heavy (non-hydrogen) atoms. The van der Waals surface area contributed by atoms with Gasteiger partial charge in [-0.05, 0) is 40.0 Å². The fraction of sp³-hybridized carbons (Fsp3) is 0.368. The summed E-state index contributed by atoms with van der Waals surface area (Å²) in [6.07, 6.45) is 1.18. The molecular formula is C19H17BrFNO4. The van der Waals surface area contributed by atoms with E-state index in [-0.39, 0.29) is 29.6 Å². The van der Waals surface area contributed by atoms with E-state index in [4.69, 9.17) is 9.47 Å². The Kier molecular flexibility index (Phi) is 4.44. The zero-order chi connectivity index (χ0) is 18.4. The summed E-state index contributed by atoms with van der Waals surface area (Å²) in [6, 6.07) is 4.55. The minimum absolute atomic E-state index is 0.0323. The van der Waals surface area contributed by atoms with Crippen molar-refractivity contribution in [3.63, 3.8) is 0 Å². The smallest absolute Gasteiger partial charge is 0.337 e. The van der Waals surface area contributed by atoms with Crippen LogP contribution in [0.1, 0.15) is 31.2 Å². The lowest BCUT2D eigenvalue weighted by Crippen LogP contribution is -2.38. The van der Waals surface area contributed by atoms with Gasteiger partial charge < -0.3 is 14.8 Å². The largest absolute Gasteiger partial charge is 0.452 e. The number of carbonyl (C=O) groups is 2. The molecule has 1 N–H and O–H groups in total. The molecule has 5 nitrogen and oxygen atoms in total. The Bertz CT molecular complexity index is 876. The first-order valence-electron chi connectivity index (χ1n) is 8.52. The summed E-state index contributed by atoms with van der Waals surface area (Å²) in [5.41, 5.74) is 2.96. The fourth-order valence-corrected chi connectivity index (χ4v) is 4.16. The minimum Gasteiger partial charge on any atom is -0.452 e. The van der Waals surface area contributed by atoms with E-state index in [2.05, 4.69) is 21.2 Å². The van der Waals surface area contributed by atoms with Crippen LogP contribution in [0.25, 0.3) is 0 Å². The predicted octanol–water partition coefficient (Wildman–Crippen LogP) is 3.11. The molecule has 1 aromatic carbocycles. The van der Waals surface area contributed by atoms with Gasteiger partial charge in [-0.3, -0.25) is 4.79 Å². The van der Waals surface area contributed by atoms with E-state index in [9.17, 15) is 14.0 Å². The van der Waals surface area contributed by atoms with Crippen molar-refractivity contribution >= 4 is 27.7 Å². The summed E-state index contributed by atoms with van der Waals surface area (Å²) in [4.78, 5) is 25.2. The maximum Gasteiger partial charge on any atom is 0.337 e. The molecule has 0 unspecified atom stereocenters. The first-order chi connectivity index (χ1) is 12.5. The number of Topliss-reactive ketones (excluding diaryl/α,β-unsaturated/α-hetero) is 1. The van der Waals surface area contributed by atoms with Crippen LogP contribution in [0.4, 0.5) is 4.39 Å². The molecule has 7 heteroatoms.